The topological polar surface area (TPSA) is 37.8 Å². The molecule has 0 aromatic carbocycles. The van der Waals surface area contributed by atoms with Crippen LogP contribution in [0, 0.1) is 12.7 Å². The molecule has 1 N–H and O–H groups in total. The standard InChI is InChI=1S/C11H11BrFN3S/c1-6-4-15-11(17-6)7(2)16-10-9(13)3-8(12)5-14-10/h3-5,7H,1-2H3,(H,14,16). The number of anilines is 1. The van der Waals surface area contributed by atoms with Gasteiger partial charge in [-0.15, -0.1) is 11.3 Å². The number of thiazole rings is 1. The Morgan fingerprint density at radius 3 is 2.76 bits per heavy atom. The zero-order valence-electron chi connectivity index (χ0n) is 9.37. The molecular formula is C11H11BrFN3S. The molecule has 2 rings (SSSR count). The Balaban J connectivity index is 2.15. The minimum Gasteiger partial charge on any atom is -0.359 e. The number of nitrogens with one attached hydrogen (secondary N) is 1. The van der Waals surface area contributed by atoms with E-state index in [0.29, 0.717) is 4.47 Å². The lowest BCUT2D eigenvalue weighted by atomic mass is 10.3. The van der Waals surface area contributed by atoms with Gasteiger partial charge in [-0.3, -0.25) is 0 Å². The molecule has 0 amide bonds. The van der Waals surface area contributed by atoms with Gasteiger partial charge in [-0.25, -0.2) is 14.4 Å². The molecule has 0 aliphatic rings. The second kappa shape index (κ2) is 5.10. The first-order valence-electron chi connectivity index (χ1n) is 5.06. The van der Waals surface area contributed by atoms with Crippen LogP contribution in [-0.2, 0) is 0 Å². The van der Waals surface area contributed by atoms with Crippen molar-refractivity contribution in [1.29, 1.82) is 0 Å². The molecule has 2 heterocycles. The van der Waals surface area contributed by atoms with Gasteiger partial charge in [0.2, 0.25) is 0 Å². The van der Waals surface area contributed by atoms with E-state index in [9.17, 15) is 4.39 Å². The maximum absolute atomic E-state index is 13.6. The number of rotatable bonds is 3. The molecule has 0 spiro atoms. The zero-order chi connectivity index (χ0) is 12.4. The third-order valence-electron chi connectivity index (χ3n) is 2.17. The summed E-state index contributed by atoms with van der Waals surface area (Å²) in [7, 11) is 0. The van der Waals surface area contributed by atoms with Gasteiger partial charge in [0.05, 0.1) is 6.04 Å². The van der Waals surface area contributed by atoms with E-state index in [1.807, 2.05) is 20.0 Å². The SMILES string of the molecule is Cc1cnc(C(C)Nc2ncc(Br)cc2F)s1. The summed E-state index contributed by atoms with van der Waals surface area (Å²) in [5, 5.41) is 3.93. The fourth-order valence-corrected chi connectivity index (χ4v) is 2.44. The predicted octanol–water partition coefficient (Wildman–Crippen LogP) is 3.92. The van der Waals surface area contributed by atoms with Crippen molar-refractivity contribution in [2.24, 2.45) is 0 Å². The highest BCUT2D eigenvalue weighted by molar-refractivity contribution is 9.10. The Morgan fingerprint density at radius 2 is 2.18 bits per heavy atom. The van der Waals surface area contributed by atoms with Crippen molar-refractivity contribution >= 4 is 33.1 Å². The van der Waals surface area contributed by atoms with Gasteiger partial charge in [-0.05, 0) is 35.8 Å². The molecule has 3 nitrogen and oxygen atoms in total. The van der Waals surface area contributed by atoms with Crippen molar-refractivity contribution in [3.63, 3.8) is 0 Å². The third-order valence-corrected chi connectivity index (χ3v) is 3.70. The van der Waals surface area contributed by atoms with Crippen LogP contribution in [0.5, 0.6) is 0 Å². The molecule has 0 saturated carbocycles. The third kappa shape index (κ3) is 3.01. The molecule has 90 valence electrons. The number of aryl methyl sites for hydroxylation is 1. The van der Waals surface area contributed by atoms with Crippen molar-refractivity contribution in [2.75, 3.05) is 5.32 Å². The Morgan fingerprint density at radius 1 is 1.41 bits per heavy atom. The first-order chi connectivity index (χ1) is 8.06. The minimum atomic E-state index is -0.375. The number of halogens is 2. The van der Waals surface area contributed by atoms with Gasteiger partial charge in [0.1, 0.15) is 5.01 Å². The minimum absolute atomic E-state index is 0.0584. The summed E-state index contributed by atoms with van der Waals surface area (Å²) in [5.74, 6) is -0.131. The molecule has 1 unspecified atom stereocenters. The molecule has 0 bridgehead atoms. The molecule has 1 atom stereocenters. The summed E-state index contributed by atoms with van der Waals surface area (Å²) in [6, 6.07) is 1.33. The van der Waals surface area contributed by atoms with Crippen LogP contribution in [0.1, 0.15) is 22.9 Å². The molecule has 2 aromatic heterocycles. The summed E-state index contributed by atoms with van der Waals surface area (Å²) in [5.41, 5.74) is 0. The van der Waals surface area contributed by atoms with Crippen LogP contribution in [0.2, 0.25) is 0 Å². The average molecular weight is 316 g/mol. The lowest BCUT2D eigenvalue weighted by molar-refractivity contribution is 0.620. The van der Waals surface area contributed by atoms with Gasteiger partial charge in [0, 0.05) is 21.7 Å². The largest absolute Gasteiger partial charge is 0.359 e. The van der Waals surface area contributed by atoms with Crippen LogP contribution < -0.4 is 5.32 Å². The summed E-state index contributed by atoms with van der Waals surface area (Å²) in [6.07, 6.45) is 3.37. The van der Waals surface area contributed by atoms with Crippen LogP contribution in [0.15, 0.2) is 22.9 Å². The van der Waals surface area contributed by atoms with Crippen LogP contribution in [0.3, 0.4) is 0 Å². The molecule has 2 aromatic rings. The van der Waals surface area contributed by atoms with Gasteiger partial charge in [0.25, 0.3) is 0 Å². The lowest BCUT2D eigenvalue weighted by Crippen LogP contribution is -2.09. The van der Waals surface area contributed by atoms with Gasteiger partial charge in [0.15, 0.2) is 11.6 Å². The van der Waals surface area contributed by atoms with Crippen molar-refractivity contribution < 1.29 is 4.39 Å². The molecule has 0 aliphatic carbocycles. The highest BCUT2D eigenvalue weighted by Gasteiger charge is 2.12. The van der Waals surface area contributed by atoms with E-state index in [2.05, 4.69) is 31.2 Å². The second-order valence-electron chi connectivity index (χ2n) is 3.66. The van der Waals surface area contributed by atoms with E-state index in [0.717, 1.165) is 9.88 Å². The van der Waals surface area contributed by atoms with E-state index in [4.69, 9.17) is 0 Å². The fraction of sp³-hybridized carbons (Fsp3) is 0.273. The Hall–Kier alpha value is -1.01. The van der Waals surface area contributed by atoms with Crippen LogP contribution >= 0.6 is 27.3 Å². The van der Waals surface area contributed by atoms with Gasteiger partial charge >= 0.3 is 0 Å². The average Bonchev–Trinajstić information content (AvgIpc) is 2.69. The van der Waals surface area contributed by atoms with Crippen LogP contribution in [0.4, 0.5) is 10.2 Å². The fourth-order valence-electron chi connectivity index (χ4n) is 1.36. The summed E-state index contributed by atoms with van der Waals surface area (Å²) in [4.78, 5) is 9.39. The quantitative estimate of drug-likeness (QED) is 0.932. The Labute approximate surface area is 111 Å². The molecule has 0 saturated heterocycles. The van der Waals surface area contributed by atoms with Gasteiger partial charge in [-0.2, -0.15) is 0 Å². The van der Waals surface area contributed by atoms with Crippen molar-refractivity contribution in [3.05, 3.63) is 38.6 Å². The molecule has 6 heteroatoms. The summed E-state index contributed by atoms with van der Waals surface area (Å²) in [6.45, 7) is 3.92. The Bertz CT molecular complexity index is 529. The number of hydrogen-bond donors (Lipinski definition) is 1. The molecular weight excluding hydrogens is 305 g/mol. The van der Waals surface area contributed by atoms with Gasteiger partial charge < -0.3 is 5.32 Å². The summed E-state index contributed by atoms with van der Waals surface area (Å²) >= 11 is 4.76. The van der Waals surface area contributed by atoms with E-state index >= 15 is 0 Å². The molecule has 0 aliphatic heterocycles. The molecule has 0 radical (unpaired) electrons. The maximum atomic E-state index is 13.6. The smallest absolute Gasteiger partial charge is 0.166 e. The predicted molar refractivity (Wildman–Crippen MR) is 70.8 cm³/mol. The van der Waals surface area contributed by atoms with E-state index < -0.39 is 0 Å². The highest BCUT2D eigenvalue weighted by Crippen LogP contribution is 2.24. The summed E-state index contributed by atoms with van der Waals surface area (Å²) < 4.78 is 14.2. The monoisotopic (exact) mass is 315 g/mol. The second-order valence-corrected chi connectivity index (χ2v) is 5.84. The Kier molecular flexibility index (Phi) is 3.73. The highest BCUT2D eigenvalue weighted by atomic mass is 79.9. The molecule has 0 fully saturated rings. The van der Waals surface area contributed by atoms with E-state index in [-0.39, 0.29) is 17.7 Å². The van der Waals surface area contributed by atoms with Crippen molar-refractivity contribution in [2.45, 2.75) is 19.9 Å². The lowest BCUT2D eigenvalue weighted by Gasteiger charge is -2.12. The normalized spacial score (nSPS) is 12.5. The van der Waals surface area contributed by atoms with Crippen molar-refractivity contribution in [3.8, 4) is 0 Å². The first kappa shape index (κ1) is 12.4. The van der Waals surface area contributed by atoms with Gasteiger partial charge in [-0.1, -0.05) is 0 Å². The van der Waals surface area contributed by atoms with Crippen molar-refractivity contribution in [1.82, 2.24) is 9.97 Å². The first-order valence-corrected chi connectivity index (χ1v) is 6.67. The number of nitrogens with zero attached hydrogens (tertiary/aromatic N) is 2. The van der Waals surface area contributed by atoms with Crippen LogP contribution in [0.25, 0.3) is 0 Å². The number of aromatic nitrogens is 2. The maximum Gasteiger partial charge on any atom is 0.166 e. The number of hydrogen-bond acceptors (Lipinski definition) is 4. The number of pyridine rings is 1. The van der Waals surface area contributed by atoms with E-state index in [1.165, 1.54) is 6.07 Å². The molecule has 17 heavy (non-hydrogen) atoms. The zero-order valence-corrected chi connectivity index (χ0v) is 11.8. The van der Waals surface area contributed by atoms with E-state index in [1.54, 1.807) is 17.5 Å². The van der Waals surface area contributed by atoms with Crippen LogP contribution in [-0.4, -0.2) is 9.97 Å².